The van der Waals surface area contributed by atoms with E-state index in [1.807, 2.05) is 24.3 Å². The number of nitrogens with one attached hydrogen (secondary N) is 1. The molecule has 0 atom stereocenters. The third-order valence-corrected chi connectivity index (χ3v) is 4.24. The van der Waals surface area contributed by atoms with Crippen molar-refractivity contribution in [3.63, 3.8) is 0 Å². The molecule has 0 radical (unpaired) electrons. The second kappa shape index (κ2) is 10.3. The Balaban J connectivity index is 1.76. The average Bonchev–Trinajstić information content (AvgIpc) is 2.67. The van der Waals surface area contributed by atoms with Crippen LogP contribution >= 0.6 is 0 Å². The first kappa shape index (κ1) is 20.4. The lowest BCUT2D eigenvalue weighted by Crippen LogP contribution is -2.34. The van der Waals surface area contributed by atoms with Gasteiger partial charge in [0.1, 0.15) is 11.6 Å². The number of hydrogen-bond donors (Lipinski definition) is 1. The largest absolute Gasteiger partial charge is 0.497 e. The summed E-state index contributed by atoms with van der Waals surface area (Å²) >= 11 is 0. The van der Waals surface area contributed by atoms with Crippen molar-refractivity contribution in [3.05, 3.63) is 65.5 Å². The molecule has 0 spiro atoms. The minimum Gasteiger partial charge on any atom is -0.497 e. The van der Waals surface area contributed by atoms with Gasteiger partial charge in [0, 0.05) is 33.0 Å². The molecule has 5 nitrogen and oxygen atoms in total. The van der Waals surface area contributed by atoms with Gasteiger partial charge in [-0.2, -0.15) is 0 Å². The molecule has 0 aromatic heterocycles. The minimum absolute atomic E-state index is 0.0788. The number of halogens is 1. The lowest BCUT2D eigenvalue weighted by atomic mass is 10.1. The number of rotatable bonds is 9. The predicted octanol–water partition coefficient (Wildman–Crippen LogP) is 2.93. The van der Waals surface area contributed by atoms with E-state index in [9.17, 15) is 14.0 Å². The van der Waals surface area contributed by atoms with Gasteiger partial charge in [0.05, 0.1) is 7.11 Å². The van der Waals surface area contributed by atoms with Gasteiger partial charge < -0.3 is 15.0 Å². The van der Waals surface area contributed by atoms with Crippen LogP contribution in [0.1, 0.15) is 24.5 Å². The highest BCUT2D eigenvalue weighted by Crippen LogP contribution is 2.13. The first-order valence-corrected chi connectivity index (χ1v) is 8.87. The van der Waals surface area contributed by atoms with Crippen molar-refractivity contribution >= 4 is 11.8 Å². The summed E-state index contributed by atoms with van der Waals surface area (Å²) < 4.78 is 18.0. The molecule has 144 valence electrons. The van der Waals surface area contributed by atoms with Crippen LogP contribution in [0, 0.1) is 5.82 Å². The zero-order valence-electron chi connectivity index (χ0n) is 15.7. The zero-order chi connectivity index (χ0) is 19.6. The monoisotopic (exact) mass is 372 g/mol. The van der Waals surface area contributed by atoms with Gasteiger partial charge in [0.15, 0.2) is 0 Å². The molecule has 27 heavy (non-hydrogen) atoms. The van der Waals surface area contributed by atoms with E-state index in [4.69, 9.17) is 4.74 Å². The molecule has 2 aromatic carbocycles. The van der Waals surface area contributed by atoms with Crippen LogP contribution < -0.4 is 10.1 Å². The molecule has 0 unspecified atom stereocenters. The van der Waals surface area contributed by atoms with Gasteiger partial charge in [-0.05, 0) is 41.8 Å². The maximum absolute atomic E-state index is 12.9. The highest BCUT2D eigenvalue weighted by molar-refractivity contribution is 5.78. The smallest absolute Gasteiger partial charge is 0.221 e. The molecule has 6 heteroatoms. The van der Waals surface area contributed by atoms with Crippen molar-refractivity contribution in [3.8, 4) is 5.75 Å². The molecule has 0 heterocycles. The SMILES string of the molecule is COc1ccc(CN(CCC(=O)NCCc2ccc(F)cc2)C(C)=O)cc1. The Labute approximate surface area is 159 Å². The summed E-state index contributed by atoms with van der Waals surface area (Å²) in [5.74, 6) is 0.292. The van der Waals surface area contributed by atoms with Crippen molar-refractivity contribution in [1.82, 2.24) is 10.2 Å². The number of carbonyl (C=O) groups excluding carboxylic acids is 2. The van der Waals surface area contributed by atoms with Crippen LogP contribution in [-0.4, -0.2) is 36.9 Å². The van der Waals surface area contributed by atoms with Crippen LogP contribution in [0.3, 0.4) is 0 Å². The second-order valence-electron chi connectivity index (χ2n) is 6.27. The molecule has 0 bridgehead atoms. The van der Waals surface area contributed by atoms with Crippen LogP contribution in [-0.2, 0) is 22.6 Å². The fourth-order valence-corrected chi connectivity index (χ4v) is 2.62. The molecule has 0 saturated carbocycles. The van der Waals surface area contributed by atoms with E-state index in [1.165, 1.54) is 19.1 Å². The number of nitrogens with zero attached hydrogens (tertiary/aromatic N) is 1. The van der Waals surface area contributed by atoms with E-state index in [-0.39, 0.29) is 24.1 Å². The molecule has 0 aliphatic heterocycles. The van der Waals surface area contributed by atoms with Gasteiger partial charge in [0.2, 0.25) is 11.8 Å². The summed E-state index contributed by atoms with van der Waals surface area (Å²) in [6, 6.07) is 13.7. The molecule has 1 N–H and O–H groups in total. The van der Waals surface area contributed by atoms with E-state index in [1.54, 1.807) is 24.1 Å². The van der Waals surface area contributed by atoms with Crippen LogP contribution in [0.25, 0.3) is 0 Å². The first-order chi connectivity index (χ1) is 13.0. The van der Waals surface area contributed by atoms with Gasteiger partial charge in [-0.15, -0.1) is 0 Å². The fraction of sp³-hybridized carbons (Fsp3) is 0.333. The van der Waals surface area contributed by atoms with Gasteiger partial charge in [-0.1, -0.05) is 24.3 Å². The molecule has 0 aliphatic rings. The van der Waals surface area contributed by atoms with Gasteiger partial charge in [0.25, 0.3) is 0 Å². The van der Waals surface area contributed by atoms with E-state index < -0.39 is 0 Å². The molecule has 2 aromatic rings. The molecule has 2 amide bonds. The topological polar surface area (TPSA) is 58.6 Å². The minimum atomic E-state index is -0.274. The van der Waals surface area contributed by atoms with Crippen molar-refractivity contribution in [1.29, 1.82) is 0 Å². The summed E-state index contributed by atoms with van der Waals surface area (Å²) in [5.41, 5.74) is 1.93. The normalized spacial score (nSPS) is 10.3. The molecule has 0 fully saturated rings. The maximum Gasteiger partial charge on any atom is 0.221 e. The van der Waals surface area contributed by atoms with Crippen LogP contribution in [0.4, 0.5) is 4.39 Å². The lowest BCUT2D eigenvalue weighted by Gasteiger charge is -2.21. The number of carbonyl (C=O) groups is 2. The van der Waals surface area contributed by atoms with Crippen molar-refractivity contribution in [2.24, 2.45) is 0 Å². The Hall–Kier alpha value is -2.89. The number of ether oxygens (including phenoxy) is 1. The third kappa shape index (κ3) is 7.09. The molecule has 0 saturated heterocycles. The maximum atomic E-state index is 12.9. The van der Waals surface area contributed by atoms with Crippen LogP contribution in [0.15, 0.2) is 48.5 Å². The first-order valence-electron chi connectivity index (χ1n) is 8.87. The number of hydrogen-bond acceptors (Lipinski definition) is 3. The van der Waals surface area contributed by atoms with Gasteiger partial charge >= 0.3 is 0 Å². The second-order valence-corrected chi connectivity index (χ2v) is 6.27. The van der Waals surface area contributed by atoms with Crippen LogP contribution in [0.2, 0.25) is 0 Å². The Morgan fingerprint density at radius 3 is 2.26 bits per heavy atom. The predicted molar refractivity (Wildman–Crippen MR) is 102 cm³/mol. The van der Waals surface area contributed by atoms with Gasteiger partial charge in [-0.25, -0.2) is 4.39 Å². The zero-order valence-corrected chi connectivity index (χ0v) is 15.7. The Bertz CT molecular complexity index is 745. The van der Waals surface area contributed by atoms with Crippen molar-refractivity contribution in [2.75, 3.05) is 20.2 Å². The van der Waals surface area contributed by atoms with E-state index in [0.29, 0.717) is 26.1 Å². The van der Waals surface area contributed by atoms with Crippen LogP contribution in [0.5, 0.6) is 5.75 Å². The average molecular weight is 372 g/mol. The number of benzene rings is 2. The molecule has 2 rings (SSSR count). The lowest BCUT2D eigenvalue weighted by molar-refractivity contribution is -0.130. The van der Waals surface area contributed by atoms with Crippen molar-refractivity contribution in [2.45, 2.75) is 26.3 Å². The van der Waals surface area contributed by atoms with Crippen molar-refractivity contribution < 1.29 is 18.7 Å². The van der Waals surface area contributed by atoms with E-state index in [2.05, 4.69) is 5.32 Å². The standard InChI is InChI=1S/C21H25FN2O3/c1-16(25)24(15-18-5-9-20(27-2)10-6-18)14-12-21(26)23-13-11-17-3-7-19(22)8-4-17/h3-10H,11-15H2,1-2H3,(H,23,26). The highest BCUT2D eigenvalue weighted by atomic mass is 19.1. The summed E-state index contributed by atoms with van der Waals surface area (Å²) in [6.07, 6.45) is 0.868. The van der Waals surface area contributed by atoms with E-state index in [0.717, 1.165) is 16.9 Å². The number of amides is 2. The van der Waals surface area contributed by atoms with Gasteiger partial charge in [-0.3, -0.25) is 9.59 Å². The van der Waals surface area contributed by atoms with E-state index >= 15 is 0 Å². The summed E-state index contributed by atoms with van der Waals surface area (Å²) in [4.78, 5) is 25.5. The summed E-state index contributed by atoms with van der Waals surface area (Å²) in [5, 5.41) is 2.83. The fourth-order valence-electron chi connectivity index (χ4n) is 2.62. The molecular weight excluding hydrogens is 347 g/mol. The molecule has 0 aliphatic carbocycles. The Morgan fingerprint density at radius 2 is 1.67 bits per heavy atom. The Morgan fingerprint density at radius 1 is 1.04 bits per heavy atom. The molecular formula is C21H25FN2O3. The highest BCUT2D eigenvalue weighted by Gasteiger charge is 2.12. The quantitative estimate of drug-likeness (QED) is 0.736. The summed E-state index contributed by atoms with van der Waals surface area (Å²) in [6.45, 7) is 2.77. The number of methoxy groups -OCH3 is 1. The summed E-state index contributed by atoms with van der Waals surface area (Å²) in [7, 11) is 1.60. The Kier molecular flexibility index (Phi) is 7.79. The third-order valence-electron chi connectivity index (χ3n) is 4.24.